The van der Waals surface area contributed by atoms with E-state index in [1.54, 1.807) is 29.4 Å². The number of ether oxygens (including phenoxy) is 1. The Morgan fingerprint density at radius 2 is 1.82 bits per heavy atom. The highest BCUT2D eigenvalue weighted by atomic mass is 32.1. The Balaban J connectivity index is 1.23. The minimum absolute atomic E-state index is 0.0681. The molecule has 1 saturated heterocycles. The van der Waals surface area contributed by atoms with Crippen LogP contribution in [-0.4, -0.2) is 30.5 Å². The van der Waals surface area contributed by atoms with Crippen LogP contribution in [0.15, 0.2) is 84.2 Å². The molecule has 0 spiro atoms. The number of amides is 2. The number of carbonyl (C=O) groups is 2. The van der Waals surface area contributed by atoms with E-state index in [2.05, 4.69) is 5.32 Å². The van der Waals surface area contributed by atoms with Crippen molar-refractivity contribution < 1.29 is 14.3 Å². The zero-order chi connectivity index (χ0) is 23.5. The van der Waals surface area contributed by atoms with Crippen LogP contribution in [0.3, 0.4) is 0 Å². The molecule has 1 atom stereocenters. The zero-order valence-electron chi connectivity index (χ0n) is 18.6. The van der Waals surface area contributed by atoms with E-state index in [0.717, 1.165) is 27.5 Å². The second-order valence-electron chi connectivity index (χ2n) is 8.08. The first-order valence-electron chi connectivity index (χ1n) is 11.0. The Kier molecular flexibility index (Phi) is 6.10. The second-order valence-corrected chi connectivity index (χ2v) is 8.94. The zero-order valence-corrected chi connectivity index (χ0v) is 19.4. The van der Waals surface area contributed by atoms with Gasteiger partial charge in [0.2, 0.25) is 11.8 Å². The minimum atomic E-state index is -0.412. The Labute approximate surface area is 201 Å². The first-order valence-corrected chi connectivity index (χ1v) is 11.9. The van der Waals surface area contributed by atoms with Gasteiger partial charge in [-0.05, 0) is 24.3 Å². The molecule has 0 saturated carbocycles. The van der Waals surface area contributed by atoms with Crippen LogP contribution in [0.2, 0.25) is 0 Å². The van der Waals surface area contributed by atoms with Gasteiger partial charge in [0.05, 0.1) is 18.7 Å². The molecule has 1 aromatic heterocycles. The van der Waals surface area contributed by atoms with Crippen molar-refractivity contribution >= 4 is 34.5 Å². The summed E-state index contributed by atoms with van der Waals surface area (Å²) in [6.45, 7) is 0.344. The Morgan fingerprint density at radius 3 is 2.59 bits per heavy atom. The number of carbonyl (C=O) groups excluding carboxylic acids is 2. The van der Waals surface area contributed by atoms with Gasteiger partial charge in [0.15, 0.2) is 0 Å². The van der Waals surface area contributed by atoms with Crippen molar-refractivity contribution in [3.05, 3.63) is 84.2 Å². The lowest BCUT2D eigenvalue weighted by atomic mass is 10.1. The molecule has 4 aromatic rings. The molecular weight excluding hydrogens is 446 g/mol. The maximum atomic E-state index is 12.9. The van der Waals surface area contributed by atoms with Crippen molar-refractivity contribution in [3.63, 3.8) is 0 Å². The molecule has 0 radical (unpaired) electrons. The van der Waals surface area contributed by atoms with Crippen molar-refractivity contribution in [1.29, 1.82) is 0 Å². The van der Waals surface area contributed by atoms with E-state index >= 15 is 0 Å². The highest BCUT2D eigenvalue weighted by Gasteiger charge is 2.35. The van der Waals surface area contributed by atoms with Gasteiger partial charge in [-0.15, -0.1) is 11.3 Å². The van der Waals surface area contributed by atoms with Crippen LogP contribution < -0.4 is 15.0 Å². The summed E-state index contributed by atoms with van der Waals surface area (Å²) in [4.78, 5) is 31.8. The van der Waals surface area contributed by atoms with Crippen LogP contribution in [-0.2, 0) is 9.59 Å². The summed E-state index contributed by atoms with van der Waals surface area (Å²) in [5.41, 5.74) is 4.41. The molecule has 1 N–H and O–H groups in total. The molecule has 3 aromatic carbocycles. The summed E-state index contributed by atoms with van der Waals surface area (Å²) in [7, 11) is 1.59. The Morgan fingerprint density at radius 1 is 1.03 bits per heavy atom. The van der Waals surface area contributed by atoms with E-state index in [1.165, 1.54) is 0 Å². The maximum Gasteiger partial charge on any atom is 0.229 e. The minimum Gasteiger partial charge on any atom is -0.497 e. The molecule has 7 heteroatoms. The molecule has 5 rings (SSSR count). The lowest BCUT2D eigenvalue weighted by Gasteiger charge is -2.17. The molecular formula is C27H23N3O3S. The third-order valence-electron chi connectivity index (χ3n) is 5.83. The Bertz CT molecular complexity index is 1320. The smallest absolute Gasteiger partial charge is 0.229 e. The topological polar surface area (TPSA) is 71.5 Å². The van der Waals surface area contributed by atoms with Gasteiger partial charge in [-0.25, -0.2) is 4.98 Å². The fourth-order valence-electron chi connectivity index (χ4n) is 4.00. The lowest BCUT2D eigenvalue weighted by molar-refractivity contribution is -0.122. The second kappa shape index (κ2) is 9.49. The highest BCUT2D eigenvalue weighted by Crippen LogP contribution is 2.31. The van der Waals surface area contributed by atoms with Crippen molar-refractivity contribution in [3.8, 4) is 27.6 Å². The summed E-state index contributed by atoms with van der Waals surface area (Å²) in [6.07, 6.45) is 0.183. The molecule has 170 valence electrons. The summed E-state index contributed by atoms with van der Waals surface area (Å²) >= 11 is 1.60. The first-order chi connectivity index (χ1) is 16.6. The molecule has 1 aliphatic rings. The van der Waals surface area contributed by atoms with E-state index in [-0.39, 0.29) is 18.2 Å². The van der Waals surface area contributed by atoms with Crippen LogP contribution in [0.5, 0.6) is 5.75 Å². The van der Waals surface area contributed by atoms with Gasteiger partial charge < -0.3 is 15.0 Å². The monoisotopic (exact) mass is 469 g/mol. The summed E-state index contributed by atoms with van der Waals surface area (Å²) in [5.74, 6) is 0.0349. The predicted octanol–water partition coefficient (Wildman–Crippen LogP) is 5.48. The third kappa shape index (κ3) is 4.56. The number of hydrogen-bond donors (Lipinski definition) is 1. The van der Waals surface area contributed by atoms with Gasteiger partial charge in [0, 0.05) is 46.9 Å². The van der Waals surface area contributed by atoms with E-state index in [1.807, 2.05) is 78.2 Å². The number of hydrogen-bond acceptors (Lipinski definition) is 5. The molecule has 34 heavy (non-hydrogen) atoms. The largest absolute Gasteiger partial charge is 0.497 e. The van der Waals surface area contributed by atoms with E-state index in [0.29, 0.717) is 18.0 Å². The number of rotatable bonds is 6. The van der Waals surface area contributed by atoms with Crippen LogP contribution in [0.1, 0.15) is 6.42 Å². The van der Waals surface area contributed by atoms with Crippen LogP contribution >= 0.6 is 11.3 Å². The van der Waals surface area contributed by atoms with E-state index < -0.39 is 5.92 Å². The number of thiazole rings is 1. The number of benzene rings is 3. The average molecular weight is 470 g/mol. The molecule has 0 unspecified atom stereocenters. The number of nitrogens with zero attached hydrogens (tertiary/aromatic N) is 2. The molecule has 6 nitrogen and oxygen atoms in total. The number of methoxy groups -OCH3 is 1. The van der Waals surface area contributed by atoms with Crippen LogP contribution in [0.25, 0.3) is 21.8 Å². The molecule has 2 heterocycles. The van der Waals surface area contributed by atoms with Gasteiger partial charge in [0.25, 0.3) is 0 Å². The highest BCUT2D eigenvalue weighted by molar-refractivity contribution is 7.13. The fourth-order valence-corrected chi connectivity index (χ4v) is 4.83. The van der Waals surface area contributed by atoms with Crippen LogP contribution in [0.4, 0.5) is 11.4 Å². The molecule has 0 aliphatic carbocycles. The quantitative estimate of drug-likeness (QED) is 0.406. The number of aromatic nitrogens is 1. The molecule has 0 bridgehead atoms. The maximum absolute atomic E-state index is 12.9. The molecule has 2 amide bonds. The van der Waals surface area contributed by atoms with Crippen molar-refractivity contribution in [2.75, 3.05) is 23.9 Å². The van der Waals surface area contributed by atoms with Crippen molar-refractivity contribution in [2.24, 2.45) is 5.92 Å². The van der Waals surface area contributed by atoms with Gasteiger partial charge in [-0.2, -0.15) is 0 Å². The lowest BCUT2D eigenvalue weighted by Crippen LogP contribution is -2.28. The fraction of sp³-hybridized carbons (Fsp3) is 0.148. The van der Waals surface area contributed by atoms with Gasteiger partial charge >= 0.3 is 0 Å². The first kappa shape index (κ1) is 21.9. The number of anilines is 2. The molecule has 1 aliphatic heterocycles. The third-order valence-corrected chi connectivity index (χ3v) is 6.73. The van der Waals surface area contributed by atoms with E-state index in [4.69, 9.17) is 9.72 Å². The van der Waals surface area contributed by atoms with Crippen molar-refractivity contribution in [1.82, 2.24) is 4.98 Å². The molecule has 1 fully saturated rings. The predicted molar refractivity (Wildman–Crippen MR) is 135 cm³/mol. The standard InChI is InChI=1S/C27H23N3O3S/c1-33-23-9-5-8-22(15-23)30-16-20(14-25(30)31)26(32)28-21-12-10-18(11-13-21)24-17-34-27(29-24)19-6-3-2-4-7-19/h2-13,15,17,20H,14,16H2,1H3,(H,28,32)/t20-/m0/s1. The van der Waals surface area contributed by atoms with Crippen LogP contribution in [0, 0.1) is 5.92 Å². The summed E-state index contributed by atoms with van der Waals surface area (Å²) in [6, 6.07) is 25.0. The summed E-state index contributed by atoms with van der Waals surface area (Å²) in [5, 5.41) is 5.96. The normalized spacial score (nSPS) is 15.4. The summed E-state index contributed by atoms with van der Waals surface area (Å²) < 4.78 is 5.25. The van der Waals surface area contributed by atoms with Crippen molar-refractivity contribution in [2.45, 2.75) is 6.42 Å². The number of nitrogens with one attached hydrogen (secondary N) is 1. The van der Waals surface area contributed by atoms with E-state index in [9.17, 15) is 9.59 Å². The van der Waals surface area contributed by atoms with Gasteiger partial charge in [-0.1, -0.05) is 48.5 Å². The van der Waals surface area contributed by atoms with Gasteiger partial charge in [-0.3, -0.25) is 9.59 Å². The Hall–Kier alpha value is -3.97. The SMILES string of the molecule is COc1cccc(N2C[C@@H](C(=O)Nc3ccc(-c4csc(-c5ccccc5)n4)cc3)CC2=O)c1. The average Bonchev–Trinajstić information content (AvgIpc) is 3.52. The van der Waals surface area contributed by atoms with Gasteiger partial charge in [0.1, 0.15) is 10.8 Å².